The fourth-order valence-corrected chi connectivity index (χ4v) is 4.23. The maximum absolute atomic E-state index is 8.36. The predicted molar refractivity (Wildman–Crippen MR) is 94.2 cm³/mol. The van der Waals surface area contributed by atoms with Gasteiger partial charge in [-0.2, -0.15) is 0 Å². The van der Waals surface area contributed by atoms with Gasteiger partial charge in [-0.15, -0.1) is 0 Å². The van der Waals surface area contributed by atoms with E-state index in [4.69, 9.17) is 19.8 Å². The first-order chi connectivity index (χ1) is 11.7. The van der Waals surface area contributed by atoms with Gasteiger partial charge in [-0.1, -0.05) is 31.9 Å². The van der Waals surface area contributed by atoms with Crippen LogP contribution in [-0.2, 0) is 9.59 Å². The van der Waals surface area contributed by atoms with Gasteiger partial charge in [0.05, 0.1) is 0 Å². The second-order valence-electron chi connectivity index (χ2n) is 6.52. The third-order valence-corrected chi connectivity index (χ3v) is 5.33. The van der Waals surface area contributed by atoms with Crippen molar-refractivity contribution < 1.29 is 19.8 Å². The molecule has 2 N–H and O–H groups in total. The Morgan fingerprint density at radius 2 is 1.54 bits per heavy atom. The Labute approximate surface area is 145 Å². The monoisotopic (exact) mass is 340 g/mol. The highest BCUT2D eigenvalue weighted by Gasteiger charge is 2.32. The Morgan fingerprint density at radius 3 is 2.04 bits per heavy atom. The maximum Gasteiger partial charge on any atom is 0.290 e. The summed E-state index contributed by atoms with van der Waals surface area (Å²) in [5.41, 5.74) is 0. The van der Waals surface area contributed by atoms with Crippen LogP contribution in [0.1, 0.15) is 51.9 Å². The topological polar surface area (TPSA) is 81.1 Å². The number of carboxylic acid groups (broad SMARTS) is 2. The van der Waals surface area contributed by atoms with Crippen molar-refractivity contribution in [2.45, 2.75) is 70.0 Å². The quantitative estimate of drug-likeness (QED) is 0.607. The first kappa shape index (κ1) is 20.6. The van der Waals surface area contributed by atoms with E-state index < -0.39 is 0 Å². The highest BCUT2D eigenvalue weighted by Crippen LogP contribution is 2.29. The molecule has 24 heavy (non-hydrogen) atoms. The molecule has 0 aromatic heterocycles. The fourth-order valence-electron chi connectivity index (χ4n) is 4.23. The van der Waals surface area contributed by atoms with Crippen LogP contribution in [0, 0.1) is 0 Å². The van der Waals surface area contributed by atoms with Crippen molar-refractivity contribution >= 4 is 12.9 Å². The second kappa shape index (κ2) is 12.0. The average Bonchev–Trinajstić information content (AvgIpc) is 3.28. The number of carbonyl (C=O) groups is 2. The summed E-state index contributed by atoms with van der Waals surface area (Å²) >= 11 is 0. The molecule has 2 fully saturated rings. The standard InChI is InChI=1S/C16H28N2.2CH2O2/c1-2-14-8-5-11-18(14)16-9-12-17(13-10-16)15-6-3-4-7-15;2*2-1-3/h5,8,14-16H,2-4,6-7,9-13H2,1H3;2*1H,(H,2,3). The van der Waals surface area contributed by atoms with Crippen molar-refractivity contribution in [2.75, 3.05) is 19.6 Å². The molecule has 1 saturated carbocycles. The molecule has 2 heterocycles. The second-order valence-corrected chi connectivity index (χ2v) is 6.52. The number of hydrogen-bond acceptors (Lipinski definition) is 4. The molecule has 6 nitrogen and oxygen atoms in total. The minimum Gasteiger partial charge on any atom is -0.483 e. The van der Waals surface area contributed by atoms with E-state index in [1.54, 1.807) is 0 Å². The molecule has 1 saturated heterocycles. The van der Waals surface area contributed by atoms with Crippen molar-refractivity contribution in [3.63, 3.8) is 0 Å². The number of likely N-dealkylation sites (tertiary alicyclic amines) is 1. The van der Waals surface area contributed by atoms with E-state index in [1.165, 1.54) is 64.6 Å². The molecule has 3 rings (SSSR count). The summed E-state index contributed by atoms with van der Waals surface area (Å²) in [4.78, 5) is 22.2. The summed E-state index contributed by atoms with van der Waals surface area (Å²) in [6, 6.07) is 2.51. The molecule has 138 valence electrons. The SMILES string of the molecule is CCC1C=CCN1C1CCN(C2CCCC2)CC1.O=CO.O=CO. The van der Waals surface area contributed by atoms with E-state index in [0.29, 0.717) is 0 Å². The molecule has 0 spiro atoms. The van der Waals surface area contributed by atoms with Gasteiger partial charge in [-0.25, -0.2) is 0 Å². The molecule has 0 radical (unpaired) electrons. The van der Waals surface area contributed by atoms with Crippen LogP contribution in [0.3, 0.4) is 0 Å². The zero-order valence-corrected chi connectivity index (χ0v) is 14.7. The fraction of sp³-hybridized carbons (Fsp3) is 0.778. The van der Waals surface area contributed by atoms with Gasteiger partial charge in [-0.05, 0) is 45.2 Å². The summed E-state index contributed by atoms with van der Waals surface area (Å²) in [5.74, 6) is 0. The Balaban J connectivity index is 0.000000423. The first-order valence-electron chi connectivity index (χ1n) is 9.03. The van der Waals surface area contributed by atoms with Gasteiger partial charge < -0.3 is 15.1 Å². The minimum atomic E-state index is -0.250. The zero-order chi connectivity index (χ0) is 17.8. The molecule has 0 amide bonds. The molecular formula is C18H32N2O4. The lowest BCUT2D eigenvalue weighted by molar-refractivity contribution is -0.123. The van der Waals surface area contributed by atoms with Gasteiger partial charge in [0.1, 0.15) is 0 Å². The van der Waals surface area contributed by atoms with Crippen molar-refractivity contribution in [3.8, 4) is 0 Å². The van der Waals surface area contributed by atoms with Crippen LogP contribution < -0.4 is 0 Å². The molecule has 0 aromatic rings. The molecular weight excluding hydrogens is 308 g/mol. The number of nitrogens with zero attached hydrogens (tertiary/aromatic N) is 2. The Hall–Kier alpha value is -1.40. The third kappa shape index (κ3) is 6.24. The predicted octanol–water partition coefficient (Wildman–Crippen LogP) is 2.45. The van der Waals surface area contributed by atoms with Crippen molar-refractivity contribution in [2.24, 2.45) is 0 Å². The Morgan fingerprint density at radius 1 is 1.00 bits per heavy atom. The molecule has 6 heteroatoms. The van der Waals surface area contributed by atoms with Crippen LogP contribution in [-0.4, -0.2) is 70.7 Å². The van der Waals surface area contributed by atoms with E-state index in [-0.39, 0.29) is 12.9 Å². The lowest BCUT2D eigenvalue weighted by Crippen LogP contribution is -2.49. The van der Waals surface area contributed by atoms with Gasteiger partial charge >= 0.3 is 0 Å². The lowest BCUT2D eigenvalue weighted by atomic mass is 9.99. The summed E-state index contributed by atoms with van der Waals surface area (Å²) in [6.07, 6.45) is 14.7. The number of hydrogen-bond donors (Lipinski definition) is 2. The van der Waals surface area contributed by atoms with E-state index in [9.17, 15) is 0 Å². The summed E-state index contributed by atoms with van der Waals surface area (Å²) in [6.45, 7) is 5.72. The molecule has 0 aromatic carbocycles. The van der Waals surface area contributed by atoms with Gasteiger partial charge in [0, 0.05) is 24.7 Å². The highest BCUT2D eigenvalue weighted by atomic mass is 16.3. The Kier molecular flexibility index (Phi) is 10.4. The van der Waals surface area contributed by atoms with Crippen molar-refractivity contribution in [3.05, 3.63) is 12.2 Å². The summed E-state index contributed by atoms with van der Waals surface area (Å²) < 4.78 is 0. The summed E-state index contributed by atoms with van der Waals surface area (Å²) in [7, 11) is 0. The van der Waals surface area contributed by atoms with E-state index in [2.05, 4.69) is 28.9 Å². The van der Waals surface area contributed by atoms with Crippen molar-refractivity contribution in [1.29, 1.82) is 0 Å². The van der Waals surface area contributed by atoms with Crippen LogP contribution >= 0.6 is 0 Å². The molecule has 0 bridgehead atoms. The van der Waals surface area contributed by atoms with Crippen LogP contribution in [0.4, 0.5) is 0 Å². The number of piperidine rings is 1. The lowest BCUT2D eigenvalue weighted by Gasteiger charge is -2.41. The van der Waals surface area contributed by atoms with Crippen LogP contribution in [0.2, 0.25) is 0 Å². The normalized spacial score (nSPS) is 25.5. The molecule has 2 aliphatic heterocycles. The molecule has 1 atom stereocenters. The minimum absolute atomic E-state index is 0.250. The first-order valence-corrected chi connectivity index (χ1v) is 9.03. The largest absolute Gasteiger partial charge is 0.483 e. The molecule has 1 unspecified atom stereocenters. The van der Waals surface area contributed by atoms with Gasteiger partial charge in [-0.3, -0.25) is 14.5 Å². The Bertz CT molecular complexity index is 369. The third-order valence-electron chi connectivity index (χ3n) is 5.33. The van der Waals surface area contributed by atoms with E-state index in [0.717, 1.165) is 18.1 Å². The van der Waals surface area contributed by atoms with Crippen LogP contribution in [0.15, 0.2) is 12.2 Å². The van der Waals surface area contributed by atoms with Crippen molar-refractivity contribution in [1.82, 2.24) is 9.80 Å². The van der Waals surface area contributed by atoms with E-state index >= 15 is 0 Å². The van der Waals surface area contributed by atoms with Gasteiger partial charge in [0.25, 0.3) is 12.9 Å². The zero-order valence-electron chi connectivity index (χ0n) is 14.7. The molecule has 3 aliphatic rings. The smallest absolute Gasteiger partial charge is 0.290 e. The average molecular weight is 340 g/mol. The summed E-state index contributed by atoms with van der Waals surface area (Å²) in [5, 5.41) is 13.8. The van der Waals surface area contributed by atoms with E-state index in [1.807, 2.05) is 0 Å². The highest BCUT2D eigenvalue weighted by molar-refractivity contribution is 5.33. The maximum atomic E-state index is 8.36. The van der Waals surface area contributed by atoms with Gasteiger partial charge in [0.15, 0.2) is 0 Å². The van der Waals surface area contributed by atoms with Gasteiger partial charge in [0.2, 0.25) is 0 Å². The van der Waals surface area contributed by atoms with Crippen LogP contribution in [0.5, 0.6) is 0 Å². The molecule has 1 aliphatic carbocycles. The van der Waals surface area contributed by atoms with Crippen LogP contribution in [0.25, 0.3) is 0 Å². The number of rotatable bonds is 3.